The van der Waals surface area contributed by atoms with E-state index < -0.39 is 12.0 Å². The first-order valence-corrected chi connectivity index (χ1v) is 17.6. The van der Waals surface area contributed by atoms with Gasteiger partial charge in [-0.25, -0.2) is 9.79 Å². The molecule has 0 N–H and O–H groups in total. The topological polar surface area (TPSA) is 74.8 Å². The largest absolute Gasteiger partial charge is 0.496 e. The van der Waals surface area contributed by atoms with Crippen LogP contribution in [-0.2, 0) is 16.1 Å². The molecule has 7 rings (SSSR count). The van der Waals surface area contributed by atoms with Gasteiger partial charge in [0.2, 0.25) is 0 Å². The summed E-state index contributed by atoms with van der Waals surface area (Å²) < 4.78 is 17.0. The highest BCUT2D eigenvalue weighted by atomic mass is 79.9. The van der Waals surface area contributed by atoms with Crippen LogP contribution in [-0.4, -0.2) is 28.8 Å². The molecular weight excluding hydrogens is 686 g/mol. The second-order valence-electron chi connectivity index (χ2n) is 11.7. The van der Waals surface area contributed by atoms with Gasteiger partial charge in [-0.15, -0.1) is 0 Å². The molecule has 0 spiro atoms. The van der Waals surface area contributed by atoms with E-state index in [2.05, 4.69) is 57.9 Å². The van der Waals surface area contributed by atoms with Crippen LogP contribution in [0.5, 0.6) is 5.75 Å². The average molecular weight is 721 g/mol. The lowest BCUT2D eigenvalue weighted by Crippen LogP contribution is -2.40. The molecule has 0 aliphatic carbocycles. The average Bonchev–Trinajstić information content (AvgIpc) is 3.60. The molecule has 1 atom stereocenters. The Labute approximate surface area is 290 Å². The summed E-state index contributed by atoms with van der Waals surface area (Å²) >= 11 is 4.87. The summed E-state index contributed by atoms with van der Waals surface area (Å²) in [5, 5.41) is 2.92. The quantitative estimate of drug-likeness (QED) is 0.145. The number of hydrogen-bond acceptors (Lipinski definition) is 6. The second-order valence-corrected chi connectivity index (χ2v) is 13.6. The molecule has 0 saturated carbocycles. The fourth-order valence-electron chi connectivity index (χ4n) is 6.58. The molecule has 2 aromatic heterocycles. The number of fused-ring (bicyclic) bond motifs is 3. The highest BCUT2D eigenvalue weighted by molar-refractivity contribution is 9.10. The van der Waals surface area contributed by atoms with Crippen LogP contribution >= 0.6 is 27.3 Å². The first-order chi connectivity index (χ1) is 23.4. The number of ether oxygens (including phenoxy) is 2. The van der Waals surface area contributed by atoms with E-state index in [9.17, 15) is 9.59 Å². The molecule has 0 bridgehead atoms. The maximum atomic E-state index is 14.6. The van der Waals surface area contributed by atoms with Crippen molar-refractivity contribution in [3.05, 3.63) is 143 Å². The Morgan fingerprint density at radius 3 is 2.48 bits per heavy atom. The predicted molar refractivity (Wildman–Crippen MR) is 195 cm³/mol. The lowest BCUT2D eigenvalue weighted by Gasteiger charge is -2.28. The number of halogens is 1. The van der Waals surface area contributed by atoms with Crippen molar-refractivity contribution in [2.75, 3.05) is 13.7 Å². The molecule has 0 amide bonds. The Balaban J connectivity index is 1.47. The van der Waals surface area contributed by atoms with Gasteiger partial charge in [-0.2, -0.15) is 0 Å². The molecule has 0 fully saturated rings. The van der Waals surface area contributed by atoms with Crippen molar-refractivity contribution in [1.82, 2.24) is 9.13 Å². The molecule has 242 valence electrons. The summed E-state index contributed by atoms with van der Waals surface area (Å²) in [6.45, 7) is 4.73. The fraction of sp³-hybridized carbons (Fsp3) is 0.205. The van der Waals surface area contributed by atoms with Gasteiger partial charge in [-0.3, -0.25) is 9.36 Å². The fourth-order valence-corrected chi connectivity index (χ4v) is 7.85. The zero-order valence-corrected chi connectivity index (χ0v) is 29.3. The second kappa shape index (κ2) is 13.4. The van der Waals surface area contributed by atoms with E-state index in [1.165, 1.54) is 16.9 Å². The maximum Gasteiger partial charge on any atom is 0.338 e. The highest BCUT2D eigenvalue weighted by Gasteiger charge is 2.37. The Morgan fingerprint density at radius 1 is 0.979 bits per heavy atom. The molecule has 3 heterocycles. The number of carbonyl (C=O) groups is 1. The third-order valence-electron chi connectivity index (χ3n) is 8.69. The van der Waals surface area contributed by atoms with Gasteiger partial charge in [0, 0.05) is 39.2 Å². The minimum Gasteiger partial charge on any atom is -0.496 e. The number of carbonyl (C=O) groups excluding carboxylic acids is 1. The van der Waals surface area contributed by atoms with Crippen molar-refractivity contribution >= 4 is 61.0 Å². The summed E-state index contributed by atoms with van der Waals surface area (Å²) in [5.41, 5.74) is 4.71. The van der Waals surface area contributed by atoms with Crippen molar-refractivity contribution in [1.29, 1.82) is 0 Å². The van der Waals surface area contributed by atoms with Crippen LogP contribution in [0.15, 0.2) is 117 Å². The summed E-state index contributed by atoms with van der Waals surface area (Å²) in [6, 6.07) is 27.6. The number of nitrogens with zero attached hydrogens (tertiary/aromatic N) is 3. The standard InChI is InChI=1S/C39H34BrN3O4S/c1-4-10-30-35(38(45)47-5-2)36(34-29-13-7-6-11-25(29)17-20-32(34)46-3)43-37(44)33(48-39(43)41-30)21-26-23-42(31-14-9-8-12-28(26)31)22-24-15-18-27(40)19-16-24/h6-9,11-21,23,36H,4-5,10,22H2,1-3H3/b33-21+/t36-/m0/s1. The van der Waals surface area contributed by atoms with E-state index in [1.807, 2.05) is 66.7 Å². The number of methoxy groups -OCH3 is 1. The zero-order valence-electron chi connectivity index (χ0n) is 26.9. The van der Waals surface area contributed by atoms with Crippen LogP contribution in [0.2, 0.25) is 0 Å². The van der Waals surface area contributed by atoms with Crippen LogP contribution in [0.4, 0.5) is 0 Å². The SMILES string of the molecule is CCCC1=C(C(=O)OCC)[C@H](c2c(OC)ccc3ccccc23)n2c(s/c(=C/c3cn(Cc4ccc(Br)cc4)c4ccccc34)c2=O)=N1. The molecule has 0 saturated heterocycles. The number of thiazole rings is 1. The van der Waals surface area contributed by atoms with Gasteiger partial charge in [0.15, 0.2) is 4.80 Å². The van der Waals surface area contributed by atoms with E-state index in [-0.39, 0.29) is 12.2 Å². The molecule has 0 radical (unpaired) electrons. The van der Waals surface area contributed by atoms with Crippen molar-refractivity contribution in [3.63, 3.8) is 0 Å². The number of allylic oxidation sites excluding steroid dienone is 1. The lowest BCUT2D eigenvalue weighted by atomic mass is 9.90. The molecule has 6 aromatic rings. The van der Waals surface area contributed by atoms with Crippen LogP contribution in [0.3, 0.4) is 0 Å². The highest BCUT2D eigenvalue weighted by Crippen LogP contribution is 2.41. The molecule has 9 heteroatoms. The maximum absolute atomic E-state index is 14.6. The minimum atomic E-state index is -0.788. The van der Waals surface area contributed by atoms with Crippen molar-refractivity contribution in [2.24, 2.45) is 4.99 Å². The van der Waals surface area contributed by atoms with Gasteiger partial charge >= 0.3 is 5.97 Å². The van der Waals surface area contributed by atoms with Gasteiger partial charge in [-0.1, -0.05) is 101 Å². The number of esters is 1. The molecule has 0 unspecified atom stereocenters. The van der Waals surface area contributed by atoms with Gasteiger partial charge in [0.05, 0.1) is 29.5 Å². The van der Waals surface area contributed by atoms with Gasteiger partial charge < -0.3 is 14.0 Å². The zero-order chi connectivity index (χ0) is 33.4. The number of rotatable bonds is 9. The predicted octanol–water partition coefficient (Wildman–Crippen LogP) is 7.51. The van der Waals surface area contributed by atoms with Crippen molar-refractivity contribution < 1.29 is 14.3 Å². The first kappa shape index (κ1) is 31.8. The van der Waals surface area contributed by atoms with E-state index in [0.29, 0.717) is 39.3 Å². The van der Waals surface area contributed by atoms with Crippen LogP contribution in [0.25, 0.3) is 27.8 Å². The van der Waals surface area contributed by atoms with Gasteiger partial charge in [-0.05, 0) is 60.0 Å². The van der Waals surface area contributed by atoms with E-state index in [0.717, 1.165) is 43.7 Å². The number of benzene rings is 4. The van der Waals surface area contributed by atoms with Gasteiger partial charge in [0.25, 0.3) is 5.56 Å². The minimum absolute atomic E-state index is 0.204. The lowest BCUT2D eigenvalue weighted by molar-refractivity contribution is -0.139. The third kappa shape index (κ3) is 5.71. The van der Waals surface area contributed by atoms with Crippen LogP contribution in [0.1, 0.15) is 49.4 Å². The summed E-state index contributed by atoms with van der Waals surface area (Å²) in [6.07, 6.45) is 5.39. The summed E-state index contributed by atoms with van der Waals surface area (Å²) in [5.74, 6) is 0.110. The normalized spacial score (nSPS) is 14.8. The van der Waals surface area contributed by atoms with Crippen molar-refractivity contribution in [2.45, 2.75) is 39.3 Å². The third-order valence-corrected chi connectivity index (χ3v) is 10.2. The van der Waals surface area contributed by atoms with E-state index in [4.69, 9.17) is 14.5 Å². The number of para-hydroxylation sites is 1. The molecule has 7 nitrogen and oxygen atoms in total. The van der Waals surface area contributed by atoms with Crippen LogP contribution < -0.4 is 19.6 Å². The number of aromatic nitrogens is 2. The smallest absolute Gasteiger partial charge is 0.338 e. The summed E-state index contributed by atoms with van der Waals surface area (Å²) in [7, 11) is 1.61. The summed E-state index contributed by atoms with van der Waals surface area (Å²) in [4.78, 5) is 34.0. The molecular formula is C39H34BrN3O4S. The van der Waals surface area contributed by atoms with Gasteiger partial charge in [0.1, 0.15) is 11.8 Å². The Morgan fingerprint density at radius 2 is 1.73 bits per heavy atom. The molecule has 1 aliphatic heterocycles. The first-order valence-electron chi connectivity index (χ1n) is 16.0. The van der Waals surface area contributed by atoms with Crippen LogP contribution in [0, 0.1) is 0 Å². The molecule has 4 aromatic carbocycles. The van der Waals surface area contributed by atoms with E-state index >= 15 is 0 Å². The number of hydrogen-bond donors (Lipinski definition) is 0. The monoisotopic (exact) mass is 719 g/mol. The Kier molecular flexibility index (Phi) is 8.90. The van der Waals surface area contributed by atoms with Crippen molar-refractivity contribution in [3.8, 4) is 5.75 Å². The Bertz CT molecular complexity index is 2400. The van der Waals surface area contributed by atoms with E-state index in [1.54, 1.807) is 18.6 Å². The molecule has 48 heavy (non-hydrogen) atoms. The Hall–Kier alpha value is -4.73. The molecule has 1 aliphatic rings.